The van der Waals surface area contributed by atoms with Crippen molar-refractivity contribution in [3.8, 4) is 0 Å². The zero-order valence-corrected chi connectivity index (χ0v) is 5.94. The lowest BCUT2D eigenvalue weighted by molar-refractivity contribution is 0.0923. The van der Waals surface area contributed by atoms with Crippen LogP contribution in [0.1, 0.15) is 11.8 Å². The first-order valence-corrected chi connectivity index (χ1v) is 3.24. The third kappa shape index (κ3) is 1.89. The maximum absolute atomic E-state index is 9.07. The molecule has 1 rings (SSSR count). The van der Waals surface area contributed by atoms with E-state index >= 15 is 0 Å². The maximum atomic E-state index is 9.07. The summed E-state index contributed by atoms with van der Waals surface area (Å²) in [5, 5.41) is 17.6. The van der Waals surface area contributed by atoms with E-state index in [-0.39, 0.29) is 6.61 Å². The minimum absolute atomic E-state index is 0.323. The molecule has 0 saturated carbocycles. The first-order valence-electron chi connectivity index (χ1n) is 3.24. The van der Waals surface area contributed by atoms with Gasteiger partial charge in [-0.25, -0.2) is 0 Å². The zero-order chi connectivity index (χ0) is 8.27. The maximum Gasteiger partial charge on any atom is 0.119 e. The van der Waals surface area contributed by atoms with Gasteiger partial charge in [0.2, 0.25) is 0 Å². The minimum atomic E-state index is -0.907. The second-order valence-electron chi connectivity index (χ2n) is 2.21. The molecule has 0 saturated heterocycles. The molecule has 0 spiro atoms. The van der Waals surface area contributed by atoms with E-state index in [0.717, 1.165) is 0 Å². The van der Waals surface area contributed by atoms with Crippen molar-refractivity contribution in [3.63, 3.8) is 0 Å². The Morgan fingerprint density at radius 1 is 1.55 bits per heavy atom. The lowest BCUT2D eigenvalue weighted by atomic mass is 10.2. The number of hydrogen-bond acceptors (Lipinski definition) is 4. The molecule has 1 aromatic rings. The molecule has 0 aliphatic heterocycles. The van der Waals surface area contributed by atoms with Gasteiger partial charge in [0, 0.05) is 0 Å². The Hall–Kier alpha value is -1.13. The molecule has 1 aromatic heterocycles. The Balaban J connectivity index is 2.81. The highest BCUT2D eigenvalue weighted by Gasteiger charge is 2.05. The minimum Gasteiger partial charge on any atom is -0.397 e. The SMILES string of the molecule is Nc1ccc(C(O)CO)nc1. The smallest absolute Gasteiger partial charge is 0.119 e. The molecule has 0 bridgehead atoms. The number of aromatic nitrogens is 1. The number of anilines is 1. The van der Waals surface area contributed by atoms with Crippen molar-refractivity contribution in [2.24, 2.45) is 0 Å². The number of aliphatic hydroxyl groups excluding tert-OH is 2. The molecule has 0 radical (unpaired) electrons. The van der Waals surface area contributed by atoms with Crippen LogP contribution in [0.5, 0.6) is 0 Å². The molecule has 11 heavy (non-hydrogen) atoms. The quantitative estimate of drug-likeness (QED) is 0.546. The first-order chi connectivity index (χ1) is 5.24. The summed E-state index contributed by atoms with van der Waals surface area (Å²) in [7, 11) is 0. The topological polar surface area (TPSA) is 79.4 Å². The van der Waals surface area contributed by atoms with Crippen LogP contribution >= 0.6 is 0 Å². The number of nitrogens with zero attached hydrogens (tertiary/aromatic N) is 1. The molecule has 0 amide bonds. The van der Waals surface area contributed by atoms with E-state index in [1.54, 1.807) is 12.1 Å². The van der Waals surface area contributed by atoms with Gasteiger partial charge in [-0.2, -0.15) is 0 Å². The summed E-state index contributed by atoms with van der Waals surface area (Å²) >= 11 is 0. The number of hydrogen-bond donors (Lipinski definition) is 3. The molecule has 1 unspecified atom stereocenters. The fraction of sp³-hybridized carbons (Fsp3) is 0.286. The molecule has 0 aliphatic carbocycles. The molecule has 4 N–H and O–H groups in total. The van der Waals surface area contributed by atoms with Gasteiger partial charge in [0.15, 0.2) is 0 Å². The Morgan fingerprint density at radius 3 is 2.73 bits per heavy atom. The van der Waals surface area contributed by atoms with E-state index in [1.165, 1.54) is 6.20 Å². The Labute approximate surface area is 64.3 Å². The van der Waals surface area contributed by atoms with Crippen LogP contribution in [-0.2, 0) is 0 Å². The molecule has 1 heterocycles. The predicted octanol–water partition coefficient (Wildman–Crippen LogP) is -0.310. The molecule has 1 atom stereocenters. The van der Waals surface area contributed by atoms with Crippen molar-refractivity contribution in [3.05, 3.63) is 24.0 Å². The van der Waals surface area contributed by atoms with E-state index < -0.39 is 6.10 Å². The Bertz CT molecular complexity index is 222. The molecule has 0 fully saturated rings. The van der Waals surface area contributed by atoms with Crippen LogP contribution in [-0.4, -0.2) is 21.8 Å². The number of aliphatic hydroxyl groups is 2. The largest absolute Gasteiger partial charge is 0.397 e. The third-order valence-electron chi connectivity index (χ3n) is 1.32. The van der Waals surface area contributed by atoms with Gasteiger partial charge in [0.25, 0.3) is 0 Å². The molecule has 0 aromatic carbocycles. The van der Waals surface area contributed by atoms with Crippen molar-refractivity contribution < 1.29 is 10.2 Å². The van der Waals surface area contributed by atoms with E-state index in [1.807, 2.05) is 0 Å². The summed E-state index contributed by atoms with van der Waals surface area (Å²) in [5.41, 5.74) is 6.33. The van der Waals surface area contributed by atoms with Crippen LogP contribution in [0.3, 0.4) is 0 Å². The van der Waals surface area contributed by atoms with Gasteiger partial charge in [-0.15, -0.1) is 0 Å². The number of rotatable bonds is 2. The van der Waals surface area contributed by atoms with Gasteiger partial charge in [0.05, 0.1) is 24.2 Å². The zero-order valence-electron chi connectivity index (χ0n) is 5.94. The van der Waals surface area contributed by atoms with Crippen LogP contribution in [0.2, 0.25) is 0 Å². The monoisotopic (exact) mass is 154 g/mol. The summed E-state index contributed by atoms with van der Waals surface area (Å²) < 4.78 is 0. The summed E-state index contributed by atoms with van der Waals surface area (Å²) in [5.74, 6) is 0. The fourth-order valence-electron chi connectivity index (χ4n) is 0.707. The highest BCUT2D eigenvalue weighted by atomic mass is 16.3. The van der Waals surface area contributed by atoms with E-state index in [0.29, 0.717) is 11.4 Å². The Kier molecular flexibility index (Phi) is 2.40. The van der Waals surface area contributed by atoms with Gasteiger partial charge in [-0.05, 0) is 12.1 Å². The molecule has 60 valence electrons. The van der Waals surface area contributed by atoms with Crippen LogP contribution in [0, 0.1) is 0 Å². The normalized spacial score (nSPS) is 12.9. The van der Waals surface area contributed by atoms with Crippen LogP contribution < -0.4 is 5.73 Å². The average molecular weight is 154 g/mol. The third-order valence-corrected chi connectivity index (χ3v) is 1.32. The van der Waals surface area contributed by atoms with Crippen LogP contribution in [0.25, 0.3) is 0 Å². The standard InChI is InChI=1S/C7H10N2O2/c8-5-1-2-6(9-3-5)7(11)4-10/h1-3,7,10-11H,4,8H2. The van der Waals surface area contributed by atoms with E-state index in [9.17, 15) is 0 Å². The van der Waals surface area contributed by atoms with Crippen LogP contribution in [0.15, 0.2) is 18.3 Å². The van der Waals surface area contributed by atoms with Crippen molar-refractivity contribution in [1.82, 2.24) is 4.98 Å². The molecule has 4 heteroatoms. The molecule has 0 aliphatic rings. The van der Waals surface area contributed by atoms with Crippen LogP contribution in [0.4, 0.5) is 5.69 Å². The number of pyridine rings is 1. The second-order valence-corrected chi connectivity index (χ2v) is 2.21. The van der Waals surface area contributed by atoms with Gasteiger partial charge in [-0.3, -0.25) is 4.98 Å². The number of nitrogens with two attached hydrogens (primary N) is 1. The lowest BCUT2D eigenvalue weighted by Crippen LogP contribution is -2.04. The first kappa shape index (κ1) is 7.97. The molecule has 4 nitrogen and oxygen atoms in total. The molecular formula is C7H10N2O2. The van der Waals surface area contributed by atoms with Gasteiger partial charge >= 0.3 is 0 Å². The average Bonchev–Trinajstić information content (AvgIpc) is 2.05. The van der Waals surface area contributed by atoms with E-state index in [4.69, 9.17) is 15.9 Å². The van der Waals surface area contributed by atoms with Crippen molar-refractivity contribution in [1.29, 1.82) is 0 Å². The summed E-state index contributed by atoms with van der Waals surface area (Å²) in [4.78, 5) is 3.81. The van der Waals surface area contributed by atoms with Crippen molar-refractivity contribution >= 4 is 5.69 Å². The lowest BCUT2D eigenvalue weighted by Gasteiger charge is -2.05. The summed E-state index contributed by atoms with van der Waals surface area (Å²) in [6.07, 6.45) is 0.532. The van der Waals surface area contributed by atoms with E-state index in [2.05, 4.69) is 4.98 Å². The van der Waals surface area contributed by atoms with Gasteiger partial charge in [0.1, 0.15) is 6.10 Å². The highest BCUT2D eigenvalue weighted by molar-refractivity contribution is 5.34. The number of nitrogen functional groups attached to an aromatic ring is 1. The predicted molar refractivity (Wildman–Crippen MR) is 40.7 cm³/mol. The second kappa shape index (κ2) is 3.32. The fourth-order valence-corrected chi connectivity index (χ4v) is 0.707. The summed E-state index contributed by atoms with van der Waals surface area (Å²) in [6, 6.07) is 3.21. The van der Waals surface area contributed by atoms with Gasteiger partial charge < -0.3 is 15.9 Å². The Morgan fingerprint density at radius 2 is 2.27 bits per heavy atom. The highest BCUT2D eigenvalue weighted by Crippen LogP contribution is 2.09. The molecular weight excluding hydrogens is 144 g/mol. The summed E-state index contributed by atoms with van der Waals surface area (Å²) in [6.45, 7) is -0.323. The van der Waals surface area contributed by atoms with Gasteiger partial charge in [-0.1, -0.05) is 0 Å². The van der Waals surface area contributed by atoms with Crippen molar-refractivity contribution in [2.75, 3.05) is 12.3 Å². The van der Waals surface area contributed by atoms with Crippen molar-refractivity contribution in [2.45, 2.75) is 6.10 Å².